The van der Waals surface area contributed by atoms with Gasteiger partial charge in [0.25, 0.3) is 0 Å². The number of aromatic nitrogens is 3. The number of nitrogens with one attached hydrogen (secondary N) is 1. The van der Waals surface area contributed by atoms with Crippen molar-refractivity contribution in [3.8, 4) is 28.8 Å². The quantitative estimate of drug-likeness (QED) is 0.200. The van der Waals surface area contributed by atoms with E-state index in [1.165, 1.54) is 26.8 Å². The number of ketones is 3. The lowest BCUT2D eigenvalue weighted by molar-refractivity contribution is -0.123. The van der Waals surface area contributed by atoms with Crippen LogP contribution in [-0.2, 0) is 15.0 Å². The molecule has 2 unspecified atom stereocenters. The summed E-state index contributed by atoms with van der Waals surface area (Å²) in [6.45, 7) is 5.81. The van der Waals surface area contributed by atoms with Gasteiger partial charge in [0, 0.05) is 23.5 Å². The highest BCUT2D eigenvalue weighted by molar-refractivity contribution is 7.98. The van der Waals surface area contributed by atoms with Gasteiger partial charge in [-0.3, -0.25) is 19.4 Å². The molecule has 1 aliphatic heterocycles. The molecule has 2 aliphatic rings. The Bertz CT molecular complexity index is 1660. The van der Waals surface area contributed by atoms with Gasteiger partial charge < -0.3 is 24.8 Å². The highest BCUT2D eigenvalue weighted by Crippen LogP contribution is 2.57. The minimum atomic E-state index is -1.61. The molecule has 1 aromatic carbocycles. The predicted molar refractivity (Wildman–Crippen MR) is 150 cm³/mol. The van der Waals surface area contributed by atoms with E-state index in [4.69, 9.17) is 9.26 Å². The van der Waals surface area contributed by atoms with Crippen molar-refractivity contribution in [3.05, 3.63) is 70.1 Å². The van der Waals surface area contributed by atoms with Gasteiger partial charge in [0.1, 0.15) is 45.7 Å². The highest BCUT2D eigenvalue weighted by Gasteiger charge is 2.56. The Morgan fingerprint density at radius 3 is 2.61 bits per heavy atom. The molecule has 212 valence electrons. The van der Waals surface area contributed by atoms with Crippen molar-refractivity contribution in [2.75, 3.05) is 12.0 Å². The zero-order chi connectivity index (χ0) is 29.6. The van der Waals surface area contributed by atoms with Crippen molar-refractivity contribution < 1.29 is 33.9 Å². The number of allylic oxidation sites excluding steroid dienone is 4. The summed E-state index contributed by atoms with van der Waals surface area (Å²) in [5, 5.41) is 28.9. The molecule has 0 bridgehead atoms. The molecule has 1 aliphatic carbocycles. The standard InChI is InChI=1S/C29H28N4O7S/c1-13-23(36)21(15(3)34)25-22(24(13)37)29(4)19(39-25)12-18(35)20(26(29)38)14(2)31-17(9-11-41-5)28-32-27(33-40-28)16-8-6-7-10-30-16/h6-8,10,12,17,31,36-37H,9,11H2,1-5H3. The smallest absolute Gasteiger partial charge is 0.249 e. The Morgan fingerprint density at radius 1 is 1.20 bits per heavy atom. The van der Waals surface area contributed by atoms with Crippen LogP contribution in [0.25, 0.3) is 11.5 Å². The first-order valence-corrected chi connectivity index (χ1v) is 14.2. The van der Waals surface area contributed by atoms with Crippen LogP contribution in [-0.4, -0.2) is 54.7 Å². The van der Waals surface area contributed by atoms with E-state index in [1.807, 2.05) is 12.3 Å². The van der Waals surface area contributed by atoms with Gasteiger partial charge in [-0.2, -0.15) is 16.7 Å². The fourth-order valence-corrected chi connectivity index (χ4v) is 5.64. The highest BCUT2D eigenvalue weighted by atomic mass is 32.2. The second kappa shape index (κ2) is 10.5. The number of thioether (sulfide) groups is 1. The van der Waals surface area contributed by atoms with E-state index in [1.54, 1.807) is 37.0 Å². The zero-order valence-corrected chi connectivity index (χ0v) is 23.9. The lowest BCUT2D eigenvalue weighted by Gasteiger charge is -2.29. The lowest BCUT2D eigenvalue weighted by Crippen LogP contribution is -2.41. The number of carbonyl (C=O) groups excluding carboxylic acids is 3. The van der Waals surface area contributed by atoms with Crippen molar-refractivity contribution in [1.82, 2.24) is 20.4 Å². The van der Waals surface area contributed by atoms with E-state index in [-0.39, 0.29) is 51.1 Å². The van der Waals surface area contributed by atoms with Crippen LogP contribution < -0.4 is 10.1 Å². The van der Waals surface area contributed by atoms with E-state index < -0.39 is 34.6 Å². The molecule has 3 N–H and O–H groups in total. The molecule has 0 spiro atoms. The number of nitrogens with zero attached hydrogens (tertiary/aromatic N) is 3. The summed E-state index contributed by atoms with van der Waals surface area (Å²) in [4.78, 5) is 48.6. The maximum atomic E-state index is 14.1. The van der Waals surface area contributed by atoms with Crippen molar-refractivity contribution in [1.29, 1.82) is 0 Å². The maximum absolute atomic E-state index is 14.1. The number of ether oxygens (including phenoxy) is 1. The van der Waals surface area contributed by atoms with Crippen molar-refractivity contribution >= 4 is 29.1 Å². The summed E-state index contributed by atoms with van der Waals surface area (Å²) in [6, 6.07) is 4.82. The van der Waals surface area contributed by atoms with Gasteiger partial charge in [-0.25, -0.2) is 0 Å². The monoisotopic (exact) mass is 576 g/mol. The molecular weight excluding hydrogens is 548 g/mol. The van der Waals surface area contributed by atoms with E-state index in [0.717, 1.165) is 5.75 Å². The molecule has 41 heavy (non-hydrogen) atoms. The number of pyridine rings is 1. The minimum Gasteiger partial charge on any atom is -0.507 e. The Balaban J connectivity index is 1.56. The third-order valence-electron chi connectivity index (χ3n) is 7.40. The molecule has 0 radical (unpaired) electrons. The maximum Gasteiger partial charge on any atom is 0.249 e. The van der Waals surface area contributed by atoms with Crippen LogP contribution in [0.2, 0.25) is 0 Å². The fraction of sp³-hybridized carbons (Fsp3) is 0.310. The number of phenolic OH excluding ortho intramolecular Hbond substituents is 2. The van der Waals surface area contributed by atoms with Crippen molar-refractivity contribution in [3.63, 3.8) is 0 Å². The number of hydrogen-bond donors (Lipinski definition) is 3. The first kappa shape index (κ1) is 28.1. The summed E-state index contributed by atoms with van der Waals surface area (Å²) in [6.07, 6.45) is 5.30. The molecule has 5 rings (SSSR count). The van der Waals surface area contributed by atoms with Crippen molar-refractivity contribution in [2.45, 2.75) is 45.6 Å². The Hall–Kier alpha value is -4.45. The first-order valence-electron chi connectivity index (χ1n) is 12.8. The van der Waals surface area contributed by atoms with Gasteiger partial charge in [0.05, 0.1) is 11.1 Å². The predicted octanol–water partition coefficient (Wildman–Crippen LogP) is 4.10. The van der Waals surface area contributed by atoms with Gasteiger partial charge in [-0.1, -0.05) is 11.2 Å². The van der Waals surface area contributed by atoms with E-state index in [0.29, 0.717) is 17.9 Å². The van der Waals surface area contributed by atoms with Gasteiger partial charge in [-0.15, -0.1) is 0 Å². The van der Waals surface area contributed by atoms with Gasteiger partial charge in [0.15, 0.2) is 17.3 Å². The van der Waals surface area contributed by atoms with E-state index >= 15 is 0 Å². The molecule has 2 atom stereocenters. The van der Waals surface area contributed by atoms with Gasteiger partial charge in [0.2, 0.25) is 11.7 Å². The minimum absolute atomic E-state index is 0.0299. The molecule has 3 aromatic rings. The van der Waals surface area contributed by atoms with Crippen LogP contribution in [0.4, 0.5) is 0 Å². The molecule has 0 amide bonds. The van der Waals surface area contributed by atoms with Crippen LogP contribution in [0.15, 0.2) is 52.0 Å². The van der Waals surface area contributed by atoms with Gasteiger partial charge >= 0.3 is 0 Å². The van der Waals surface area contributed by atoms with E-state index in [9.17, 15) is 24.6 Å². The summed E-state index contributed by atoms with van der Waals surface area (Å²) in [7, 11) is 0. The summed E-state index contributed by atoms with van der Waals surface area (Å²) < 4.78 is 11.4. The number of aromatic hydroxyl groups is 2. The molecule has 11 nitrogen and oxygen atoms in total. The second-order valence-corrected chi connectivity index (χ2v) is 11.0. The number of rotatable bonds is 8. The number of phenols is 2. The summed E-state index contributed by atoms with van der Waals surface area (Å²) in [5.41, 5.74) is -1.04. The number of Topliss-reactive ketones (excluding diaryl/α,β-unsaturated/α-hetero) is 2. The zero-order valence-electron chi connectivity index (χ0n) is 23.1. The van der Waals surface area contributed by atoms with Gasteiger partial charge in [-0.05, 0) is 58.3 Å². The summed E-state index contributed by atoms with van der Waals surface area (Å²) in [5.74, 6) is -1.44. The normalized spacial score (nSPS) is 19.7. The SMILES string of the molecule is CSCCC(NC(C)=C1C(=O)C=C2Oc3c(C(C)=O)c(O)c(C)c(O)c3C2(C)C1=O)c1nc(-c2ccccn2)no1. The average Bonchev–Trinajstić information content (AvgIpc) is 3.54. The topological polar surface area (TPSA) is 165 Å². The fourth-order valence-electron chi connectivity index (χ4n) is 5.16. The Kier molecular flexibility index (Phi) is 7.20. The average molecular weight is 577 g/mol. The van der Waals surface area contributed by atoms with Crippen LogP contribution in [0, 0.1) is 6.92 Å². The molecule has 2 aromatic heterocycles. The third kappa shape index (κ3) is 4.48. The van der Waals surface area contributed by atoms with Crippen LogP contribution in [0.1, 0.15) is 60.6 Å². The largest absolute Gasteiger partial charge is 0.507 e. The van der Waals surface area contributed by atoms with E-state index in [2.05, 4.69) is 20.4 Å². The van der Waals surface area contributed by atoms with Crippen LogP contribution in [0.5, 0.6) is 17.2 Å². The molecule has 0 saturated heterocycles. The molecule has 0 saturated carbocycles. The molecule has 0 fully saturated rings. The third-order valence-corrected chi connectivity index (χ3v) is 8.04. The Morgan fingerprint density at radius 2 is 1.95 bits per heavy atom. The van der Waals surface area contributed by atoms with Crippen LogP contribution in [0.3, 0.4) is 0 Å². The number of fused-ring (bicyclic) bond motifs is 3. The molecular formula is C29H28N4O7S. The second-order valence-electron chi connectivity index (χ2n) is 10.0. The lowest BCUT2D eigenvalue weighted by atomic mass is 9.70. The molecule has 3 heterocycles. The number of benzene rings is 1. The molecule has 12 heteroatoms. The number of carbonyl (C=O) groups is 3. The van der Waals surface area contributed by atoms with Crippen molar-refractivity contribution in [2.24, 2.45) is 0 Å². The number of hydrogen-bond acceptors (Lipinski definition) is 12. The van der Waals surface area contributed by atoms with Crippen LogP contribution >= 0.6 is 11.8 Å². The first-order chi connectivity index (χ1) is 19.5. The Labute approximate surface area is 239 Å². The summed E-state index contributed by atoms with van der Waals surface area (Å²) >= 11 is 1.61.